The third kappa shape index (κ3) is 1.53. The normalized spacial score (nSPS) is 27.6. The maximum Gasteiger partial charge on any atom is 0.265 e. The maximum atomic E-state index is 6.10. The molecule has 0 amide bonds. The van der Waals surface area contributed by atoms with E-state index in [-0.39, 0.29) is 11.2 Å². The van der Waals surface area contributed by atoms with E-state index in [2.05, 4.69) is 41.2 Å². The Hall–Kier alpha value is -0.275. The van der Waals surface area contributed by atoms with Gasteiger partial charge in [-0.25, -0.2) is 0 Å². The molecule has 82 valence electrons. The monoisotopic (exact) mass is 197 g/mol. The molecular weight excluding hydrogens is 175 g/mol. The van der Waals surface area contributed by atoms with Gasteiger partial charge in [-0.15, -0.1) is 12.9 Å². The van der Waals surface area contributed by atoms with E-state index in [9.17, 15) is 0 Å². The van der Waals surface area contributed by atoms with Crippen LogP contribution in [0.25, 0.3) is 0 Å². The maximum absolute atomic E-state index is 6.10. The summed E-state index contributed by atoms with van der Waals surface area (Å²) >= 11 is 0. The molecule has 1 aliphatic rings. The van der Waals surface area contributed by atoms with Crippen LogP contribution in [0, 0.1) is 0 Å². The largest absolute Gasteiger partial charge is 0.558 e. The van der Waals surface area contributed by atoms with E-state index >= 15 is 0 Å². The van der Waals surface area contributed by atoms with Crippen LogP contribution in [0.5, 0.6) is 0 Å². The van der Waals surface area contributed by atoms with Crippen molar-refractivity contribution in [2.75, 3.05) is 0 Å². The fourth-order valence-electron chi connectivity index (χ4n) is 1.98. The SMILES string of the molecule is C=C(C)[B-]1(CC)OC(C)(C)C(C)(C)O1. The molecule has 0 aliphatic carbocycles. The molecule has 1 saturated heterocycles. The molecule has 0 N–H and O–H groups in total. The highest BCUT2D eigenvalue weighted by Crippen LogP contribution is 2.45. The Morgan fingerprint density at radius 2 is 1.50 bits per heavy atom. The number of hydrogen-bond acceptors (Lipinski definition) is 2. The van der Waals surface area contributed by atoms with Gasteiger partial charge in [0.05, 0.1) is 0 Å². The minimum absolute atomic E-state index is 0.248. The molecule has 1 rings (SSSR count). The summed E-state index contributed by atoms with van der Waals surface area (Å²) in [6, 6.07) is 0. The molecule has 0 aromatic carbocycles. The van der Waals surface area contributed by atoms with Gasteiger partial charge in [0.25, 0.3) is 6.55 Å². The van der Waals surface area contributed by atoms with Gasteiger partial charge < -0.3 is 9.31 Å². The molecule has 1 fully saturated rings. The molecule has 0 unspecified atom stereocenters. The molecule has 0 saturated carbocycles. The average Bonchev–Trinajstić information content (AvgIpc) is 2.19. The molecule has 0 aromatic heterocycles. The lowest BCUT2D eigenvalue weighted by molar-refractivity contribution is 0.00578. The first kappa shape index (κ1) is 11.8. The minimum Gasteiger partial charge on any atom is -0.558 e. The Labute approximate surface area is 87.6 Å². The molecule has 0 spiro atoms. The van der Waals surface area contributed by atoms with Gasteiger partial charge in [-0.2, -0.15) is 5.47 Å². The highest BCUT2D eigenvalue weighted by Gasteiger charge is 2.50. The Bertz CT molecular complexity index is 240. The van der Waals surface area contributed by atoms with Crippen LogP contribution in [0.2, 0.25) is 6.32 Å². The highest BCUT2D eigenvalue weighted by molar-refractivity contribution is 6.75. The van der Waals surface area contributed by atoms with E-state index in [0.717, 1.165) is 11.8 Å². The lowest BCUT2D eigenvalue weighted by Gasteiger charge is -2.37. The third-order valence-corrected chi connectivity index (χ3v) is 3.71. The van der Waals surface area contributed by atoms with Crippen molar-refractivity contribution in [3.05, 3.63) is 12.1 Å². The molecule has 0 bridgehead atoms. The van der Waals surface area contributed by atoms with Crippen LogP contribution in [-0.4, -0.2) is 17.8 Å². The van der Waals surface area contributed by atoms with Crippen LogP contribution >= 0.6 is 0 Å². The molecule has 3 heteroatoms. The van der Waals surface area contributed by atoms with Gasteiger partial charge in [-0.05, 0) is 27.7 Å². The quantitative estimate of drug-likeness (QED) is 0.633. The van der Waals surface area contributed by atoms with Crippen molar-refractivity contribution in [2.45, 2.75) is 59.1 Å². The fourth-order valence-corrected chi connectivity index (χ4v) is 1.98. The summed E-state index contributed by atoms with van der Waals surface area (Å²) in [6.45, 7) is 15.1. The van der Waals surface area contributed by atoms with Crippen molar-refractivity contribution in [2.24, 2.45) is 0 Å². The van der Waals surface area contributed by atoms with Crippen molar-refractivity contribution >= 4 is 6.55 Å². The van der Waals surface area contributed by atoms with Gasteiger partial charge in [0, 0.05) is 11.2 Å². The van der Waals surface area contributed by atoms with E-state index in [1.165, 1.54) is 0 Å². The summed E-state index contributed by atoms with van der Waals surface area (Å²) < 4.78 is 12.2. The van der Waals surface area contributed by atoms with Crippen LogP contribution in [0.1, 0.15) is 41.5 Å². The smallest absolute Gasteiger partial charge is 0.265 e. The van der Waals surface area contributed by atoms with Crippen LogP contribution in [0.3, 0.4) is 0 Å². The molecule has 1 aliphatic heterocycles. The number of hydrogen-bond donors (Lipinski definition) is 0. The van der Waals surface area contributed by atoms with Crippen molar-refractivity contribution in [1.82, 2.24) is 0 Å². The van der Waals surface area contributed by atoms with Gasteiger partial charge in [0.2, 0.25) is 0 Å². The Kier molecular flexibility index (Phi) is 2.62. The lowest BCUT2D eigenvalue weighted by atomic mass is 9.49. The lowest BCUT2D eigenvalue weighted by Crippen LogP contribution is -2.41. The first-order valence-corrected chi connectivity index (χ1v) is 5.39. The van der Waals surface area contributed by atoms with E-state index in [1.807, 2.05) is 6.92 Å². The van der Waals surface area contributed by atoms with E-state index in [4.69, 9.17) is 9.31 Å². The second-order valence-corrected chi connectivity index (χ2v) is 5.38. The summed E-state index contributed by atoms with van der Waals surface area (Å²) in [7, 11) is 0. The van der Waals surface area contributed by atoms with Gasteiger partial charge in [0.15, 0.2) is 0 Å². The van der Waals surface area contributed by atoms with Crippen molar-refractivity contribution in [3.8, 4) is 0 Å². The van der Waals surface area contributed by atoms with Gasteiger partial charge in [-0.1, -0.05) is 13.8 Å². The Balaban J connectivity index is 3.05. The van der Waals surface area contributed by atoms with Crippen molar-refractivity contribution < 1.29 is 9.31 Å². The Morgan fingerprint density at radius 3 is 1.64 bits per heavy atom. The summed E-state index contributed by atoms with van der Waals surface area (Å²) in [5.41, 5.74) is 0.510. The predicted octanol–water partition coefficient (Wildman–Crippen LogP) is 3.17. The van der Waals surface area contributed by atoms with Crippen molar-refractivity contribution in [1.29, 1.82) is 0 Å². The van der Waals surface area contributed by atoms with E-state index < -0.39 is 6.55 Å². The summed E-state index contributed by atoms with van der Waals surface area (Å²) in [6.07, 6.45) is 0.863. The molecule has 14 heavy (non-hydrogen) atoms. The number of rotatable bonds is 2. The van der Waals surface area contributed by atoms with Crippen LogP contribution in [-0.2, 0) is 9.31 Å². The van der Waals surface area contributed by atoms with Crippen LogP contribution in [0.15, 0.2) is 12.1 Å². The van der Waals surface area contributed by atoms with Crippen LogP contribution < -0.4 is 0 Å². The summed E-state index contributed by atoms with van der Waals surface area (Å²) in [5.74, 6) is 0. The molecule has 0 atom stereocenters. The summed E-state index contributed by atoms with van der Waals surface area (Å²) in [5, 5.41) is 0. The zero-order valence-electron chi connectivity index (χ0n) is 10.3. The zero-order valence-corrected chi connectivity index (χ0v) is 10.3. The first-order valence-electron chi connectivity index (χ1n) is 5.39. The second-order valence-electron chi connectivity index (χ2n) is 5.38. The van der Waals surface area contributed by atoms with Crippen molar-refractivity contribution in [3.63, 3.8) is 0 Å². The zero-order chi connectivity index (χ0) is 11.2. The summed E-state index contributed by atoms with van der Waals surface area (Å²) in [4.78, 5) is 0. The van der Waals surface area contributed by atoms with E-state index in [1.54, 1.807) is 0 Å². The molecular formula is C11H22BO2-. The Morgan fingerprint density at radius 1 is 1.14 bits per heavy atom. The first-order chi connectivity index (χ1) is 6.17. The average molecular weight is 197 g/mol. The van der Waals surface area contributed by atoms with Gasteiger partial charge in [-0.3, -0.25) is 0 Å². The van der Waals surface area contributed by atoms with Gasteiger partial charge in [0.1, 0.15) is 0 Å². The second kappa shape index (κ2) is 3.11. The van der Waals surface area contributed by atoms with E-state index in [0.29, 0.717) is 0 Å². The standard InChI is InChI=1S/C11H22BO2/c1-8-12(9(2)3)13-10(4,5)11(6,7)14-12/h2,8H2,1,3-7H3/q-1. The number of allylic oxidation sites excluding steroid dienone is 1. The van der Waals surface area contributed by atoms with Crippen LogP contribution in [0.4, 0.5) is 0 Å². The molecule has 2 nitrogen and oxygen atoms in total. The topological polar surface area (TPSA) is 18.5 Å². The predicted molar refractivity (Wildman–Crippen MR) is 61.4 cm³/mol. The minimum atomic E-state index is -1.29. The molecule has 0 radical (unpaired) electrons. The molecule has 0 aromatic rings. The van der Waals surface area contributed by atoms with Gasteiger partial charge >= 0.3 is 0 Å². The highest BCUT2D eigenvalue weighted by atomic mass is 16.7. The molecule has 1 heterocycles. The fraction of sp³-hybridized carbons (Fsp3) is 0.818. The third-order valence-electron chi connectivity index (χ3n) is 3.71.